The van der Waals surface area contributed by atoms with Crippen molar-refractivity contribution in [2.24, 2.45) is 0 Å². The van der Waals surface area contributed by atoms with Crippen LogP contribution in [-0.4, -0.2) is 23.1 Å². The predicted molar refractivity (Wildman–Crippen MR) is 79.1 cm³/mol. The third kappa shape index (κ3) is 4.99. The van der Waals surface area contributed by atoms with Gasteiger partial charge in [-0.15, -0.1) is 0 Å². The van der Waals surface area contributed by atoms with Crippen molar-refractivity contribution in [3.8, 4) is 0 Å². The van der Waals surface area contributed by atoms with E-state index in [0.29, 0.717) is 5.95 Å². The van der Waals surface area contributed by atoms with Gasteiger partial charge in [0, 0.05) is 31.0 Å². The zero-order chi connectivity index (χ0) is 13.3. The minimum Gasteiger partial charge on any atom is -0.355 e. The molecule has 0 radical (unpaired) electrons. The lowest BCUT2D eigenvalue weighted by Gasteiger charge is -2.12. The molecule has 1 aliphatic carbocycles. The molecule has 0 saturated carbocycles. The molecule has 4 heteroatoms. The van der Waals surface area contributed by atoms with Gasteiger partial charge in [0.05, 0.1) is 0 Å². The van der Waals surface area contributed by atoms with E-state index in [9.17, 15) is 0 Å². The summed E-state index contributed by atoms with van der Waals surface area (Å²) in [7, 11) is 0. The van der Waals surface area contributed by atoms with Crippen molar-refractivity contribution < 1.29 is 0 Å². The first-order valence-corrected chi connectivity index (χ1v) is 7.32. The van der Waals surface area contributed by atoms with Crippen molar-refractivity contribution >= 4 is 5.95 Å². The van der Waals surface area contributed by atoms with E-state index in [2.05, 4.69) is 26.7 Å². The Morgan fingerprint density at radius 3 is 2.74 bits per heavy atom. The van der Waals surface area contributed by atoms with Crippen molar-refractivity contribution in [3.05, 3.63) is 29.6 Å². The van der Waals surface area contributed by atoms with Crippen molar-refractivity contribution in [2.75, 3.05) is 18.4 Å². The fourth-order valence-electron chi connectivity index (χ4n) is 2.31. The van der Waals surface area contributed by atoms with Crippen molar-refractivity contribution in [1.82, 2.24) is 15.3 Å². The Kier molecular flexibility index (Phi) is 5.82. The summed E-state index contributed by atoms with van der Waals surface area (Å²) in [5, 5.41) is 6.55. The first kappa shape index (κ1) is 14.0. The second kappa shape index (κ2) is 7.89. The third-order valence-corrected chi connectivity index (χ3v) is 3.38. The maximum atomic E-state index is 4.26. The molecule has 2 rings (SSSR count). The summed E-state index contributed by atoms with van der Waals surface area (Å²) in [5.74, 6) is 0.707. The zero-order valence-electron chi connectivity index (χ0n) is 11.8. The molecule has 19 heavy (non-hydrogen) atoms. The van der Waals surface area contributed by atoms with Gasteiger partial charge in [-0.3, -0.25) is 0 Å². The molecular formula is C15H24N4. The van der Waals surface area contributed by atoms with Crippen LogP contribution in [-0.2, 0) is 6.54 Å². The largest absolute Gasteiger partial charge is 0.355 e. The fourth-order valence-corrected chi connectivity index (χ4v) is 2.31. The summed E-state index contributed by atoms with van der Waals surface area (Å²) in [6, 6.07) is 0. The smallest absolute Gasteiger partial charge is 0.222 e. The molecule has 0 spiro atoms. The van der Waals surface area contributed by atoms with Crippen LogP contribution >= 0.6 is 0 Å². The van der Waals surface area contributed by atoms with Gasteiger partial charge in [-0.25, -0.2) is 9.97 Å². The summed E-state index contributed by atoms with van der Waals surface area (Å²) in [5.41, 5.74) is 2.76. The van der Waals surface area contributed by atoms with Gasteiger partial charge in [0.1, 0.15) is 0 Å². The second-order valence-corrected chi connectivity index (χ2v) is 4.98. The van der Waals surface area contributed by atoms with E-state index in [0.717, 1.165) is 25.2 Å². The molecule has 1 aromatic heterocycles. The van der Waals surface area contributed by atoms with Crippen LogP contribution in [0.5, 0.6) is 0 Å². The molecule has 0 aliphatic heterocycles. The molecule has 0 bridgehead atoms. The molecule has 4 nitrogen and oxygen atoms in total. The standard InChI is InChI=1S/C15H24N4/c1-2-17-15-18-11-14(12-19-15)10-16-9-8-13-6-4-3-5-7-13/h6,11-12,16H,2-5,7-10H2,1H3,(H,17,18,19). The van der Waals surface area contributed by atoms with Crippen LogP contribution in [0.1, 0.15) is 44.6 Å². The van der Waals surface area contributed by atoms with Gasteiger partial charge < -0.3 is 10.6 Å². The van der Waals surface area contributed by atoms with Crippen LogP contribution in [0.25, 0.3) is 0 Å². The molecule has 0 saturated heterocycles. The summed E-state index contributed by atoms with van der Waals surface area (Å²) in [6.07, 6.45) is 12.7. The van der Waals surface area contributed by atoms with Gasteiger partial charge in [0.25, 0.3) is 0 Å². The molecule has 0 unspecified atom stereocenters. The topological polar surface area (TPSA) is 49.8 Å². The monoisotopic (exact) mass is 260 g/mol. The lowest BCUT2D eigenvalue weighted by Crippen LogP contribution is -2.16. The first-order chi connectivity index (χ1) is 9.38. The van der Waals surface area contributed by atoms with Crippen molar-refractivity contribution in [2.45, 2.75) is 45.6 Å². The Bertz CT molecular complexity index is 397. The molecule has 0 fully saturated rings. The van der Waals surface area contributed by atoms with Gasteiger partial charge >= 0.3 is 0 Å². The lowest BCUT2D eigenvalue weighted by molar-refractivity contribution is 0.631. The van der Waals surface area contributed by atoms with Crippen LogP contribution < -0.4 is 10.6 Å². The van der Waals surface area contributed by atoms with E-state index in [1.165, 1.54) is 32.1 Å². The molecular weight excluding hydrogens is 236 g/mol. The van der Waals surface area contributed by atoms with E-state index < -0.39 is 0 Å². The van der Waals surface area contributed by atoms with Gasteiger partial charge in [-0.05, 0) is 45.6 Å². The molecule has 1 heterocycles. The van der Waals surface area contributed by atoms with Crippen molar-refractivity contribution in [3.63, 3.8) is 0 Å². The quantitative estimate of drug-likeness (QED) is 0.584. The average molecular weight is 260 g/mol. The molecule has 2 N–H and O–H groups in total. The lowest BCUT2D eigenvalue weighted by atomic mass is 9.97. The van der Waals surface area contributed by atoms with E-state index >= 15 is 0 Å². The van der Waals surface area contributed by atoms with Crippen LogP contribution in [0, 0.1) is 0 Å². The van der Waals surface area contributed by atoms with Crippen LogP contribution in [0.3, 0.4) is 0 Å². The summed E-state index contributed by atoms with van der Waals surface area (Å²) in [6.45, 7) is 4.78. The maximum absolute atomic E-state index is 4.26. The highest BCUT2D eigenvalue weighted by Gasteiger charge is 2.03. The summed E-state index contributed by atoms with van der Waals surface area (Å²) < 4.78 is 0. The second-order valence-electron chi connectivity index (χ2n) is 4.98. The zero-order valence-corrected chi connectivity index (χ0v) is 11.8. The van der Waals surface area contributed by atoms with Crippen molar-refractivity contribution in [1.29, 1.82) is 0 Å². The fraction of sp³-hybridized carbons (Fsp3) is 0.600. The molecule has 0 atom stereocenters. The van der Waals surface area contributed by atoms with Crippen LogP contribution in [0.4, 0.5) is 5.95 Å². The number of anilines is 1. The highest BCUT2D eigenvalue weighted by Crippen LogP contribution is 2.19. The first-order valence-electron chi connectivity index (χ1n) is 7.32. The Balaban J connectivity index is 1.66. The van der Waals surface area contributed by atoms with Gasteiger partial charge in [-0.2, -0.15) is 0 Å². The van der Waals surface area contributed by atoms with Gasteiger partial charge in [0.2, 0.25) is 5.95 Å². The SMILES string of the molecule is CCNc1ncc(CNCCC2=CCCCC2)cn1. The van der Waals surface area contributed by atoms with Gasteiger partial charge in [-0.1, -0.05) is 11.6 Å². The van der Waals surface area contributed by atoms with E-state index in [1.54, 1.807) is 5.57 Å². The Morgan fingerprint density at radius 2 is 2.05 bits per heavy atom. The normalized spacial score (nSPS) is 15.1. The molecule has 0 amide bonds. The van der Waals surface area contributed by atoms with Crippen LogP contribution in [0.2, 0.25) is 0 Å². The number of hydrogen-bond donors (Lipinski definition) is 2. The van der Waals surface area contributed by atoms with E-state index in [-0.39, 0.29) is 0 Å². The number of allylic oxidation sites excluding steroid dienone is 1. The Morgan fingerprint density at radius 1 is 1.21 bits per heavy atom. The van der Waals surface area contributed by atoms with Crippen LogP contribution in [0.15, 0.2) is 24.0 Å². The maximum Gasteiger partial charge on any atom is 0.222 e. The predicted octanol–water partition coefficient (Wildman–Crippen LogP) is 2.89. The Labute approximate surface area is 115 Å². The minimum absolute atomic E-state index is 0.707. The van der Waals surface area contributed by atoms with Gasteiger partial charge in [0.15, 0.2) is 0 Å². The number of rotatable bonds is 7. The highest BCUT2D eigenvalue weighted by molar-refractivity contribution is 5.24. The Hall–Kier alpha value is -1.42. The van der Waals surface area contributed by atoms with E-state index in [1.807, 2.05) is 19.3 Å². The number of nitrogens with one attached hydrogen (secondary N) is 2. The average Bonchev–Trinajstić information content (AvgIpc) is 2.47. The minimum atomic E-state index is 0.707. The summed E-state index contributed by atoms with van der Waals surface area (Å²) in [4.78, 5) is 8.53. The number of nitrogens with zero attached hydrogens (tertiary/aromatic N) is 2. The highest BCUT2D eigenvalue weighted by atomic mass is 15.1. The number of hydrogen-bond acceptors (Lipinski definition) is 4. The summed E-state index contributed by atoms with van der Waals surface area (Å²) >= 11 is 0. The molecule has 1 aromatic rings. The third-order valence-electron chi connectivity index (χ3n) is 3.38. The molecule has 1 aliphatic rings. The molecule has 0 aromatic carbocycles. The molecule has 104 valence electrons. The van der Waals surface area contributed by atoms with E-state index in [4.69, 9.17) is 0 Å². The number of aromatic nitrogens is 2.